The van der Waals surface area contributed by atoms with Gasteiger partial charge in [-0.05, 0) is 31.0 Å². The summed E-state index contributed by atoms with van der Waals surface area (Å²) in [6.45, 7) is 7.11. The van der Waals surface area contributed by atoms with Crippen molar-refractivity contribution in [1.82, 2.24) is 14.9 Å². The lowest BCUT2D eigenvalue weighted by atomic mass is 10.1. The average Bonchev–Trinajstić information content (AvgIpc) is 2.77. The topological polar surface area (TPSA) is 61.4 Å². The number of anilines is 3. The van der Waals surface area contributed by atoms with Gasteiger partial charge in [0.25, 0.3) is 0 Å². The second-order valence-corrected chi connectivity index (χ2v) is 7.30. The highest BCUT2D eigenvalue weighted by Crippen LogP contribution is 2.27. The summed E-state index contributed by atoms with van der Waals surface area (Å²) in [4.78, 5) is 24.6. The number of carbonyl (C=O) groups is 1. The third kappa shape index (κ3) is 4.21. The fraction of sp³-hybridized carbons (Fsp3) is 0.261. The lowest BCUT2D eigenvalue weighted by Crippen LogP contribution is -2.46. The third-order valence-electron chi connectivity index (χ3n) is 5.42. The summed E-state index contributed by atoms with van der Waals surface area (Å²) in [5.74, 6) is 1.45. The maximum Gasteiger partial charge on any atom is 0.229 e. The van der Waals surface area contributed by atoms with Crippen LogP contribution in [0.1, 0.15) is 11.1 Å². The van der Waals surface area contributed by atoms with E-state index in [2.05, 4.69) is 42.3 Å². The van der Waals surface area contributed by atoms with Gasteiger partial charge in [0.1, 0.15) is 5.82 Å². The molecule has 3 aromatic rings. The van der Waals surface area contributed by atoms with E-state index in [1.54, 1.807) is 4.90 Å². The quantitative estimate of drug-likeness (QED) is 0.675. The number of aromatic nitrogens is 2. The van der Waals surface area contributed by atoms with Crippen LogP contribution in [0.2, 0.25) is 0 Å². The first-order chi connectivity index (χ1) is 14.1. The number of hydrogen-bond acceptors (Lipinski definition) is 5. The standard InChI is InChI=1S/C23H25N5O/c1-17-7-6-10-20(18(17)2)24-23-25-21(19-8-4-3-5-9-19)15-22(26-23)28-13-11-27(16-29)12-14-28/h3-10,15-16H,11-14H2,1-2H3,(H,24,25,26). The van der Waals surface area contributed by atoms with Gasteiger partial charge >= 0.3 is 0 Å². The molecule has 6 heteroatoms. The lowest BCUT2D eigenvalue weighted by Gasteiger charge is -2.33. The summed E-state index contributed by atoms with van der Waals surface area (Å²) < 4.78 is 0. The predicted molar refractivity (Wildman–Crippen MR) is 117 cm³/mol. The number of carbonyl (C=O) groups excluding carboxylic acids is 1. The normalized spacial score (nSPS) is 14.0. The molecule has 1 aliphatic heterocycles. The third-order valence-corrected chi connectivity index (χ3v) is 5.42. The Morgan fingerprint density at radius 1 is 0.931 bits per heavy atom. The molecule has 0 radical (unpaired) electrons. The van der Waals surface area contributed by atoms with E-state index in [0.717, 1.165) is 42.3 Å². The molecule has 0 unspecified atom stereocenters. The van der Waals surface area contributed by atoms with Crippen molar-refractivity contribution >= 4 is 23.9 Å². The molecule has 0 saturated carbocycles. The minimum atomic E-state index is 0.577. The highest BCUT2D eigenvalue weighted by atomic mass is 16.1. The highest BCUT2D eigenvalue weighted by Gasteiger charge is 2.19. The fourth-order valence-corrected chi connectivity index (χ4v) is 3.47. The number of amides is 1. The van der Waals surface area contributed by atoms with Gasteiger partial charge < -0.3 is 15.1 Å². The largest absolute Gasteiger partial charge is 0.353 e. The molecule has 0 atom stereocenters. The molecule has 1 fully saturated rings. The average molecular weight is 387 g/mol. The van der Waals surface area contributed by atoms with Crippen LogP contribution in [0.15, 0.2) is 54.6 Å². The molecule has 0 bridgehead atoms. The molecule has 1 aliphatic rings. The van der Waals surface area contributed by atoms with Gasteiger partial charge in [-0.1, -0.05) is 42.5 Å². The van der Waals surface area contributed by atoms with Crippen LogP contribution in [0, 0.1) is 13.8 Å². The summed E-state index contributed by atoms with van der Waals surface area (Å²) in [5.41, 5.74) is 5.33. The minimum absolute atomic E-state index is 0.577. The van der Waals surface area contributed by atoms with E-state index in [9.17, 15) is 4.79 Å². The van der Waals surface area contributed by atoms with Gasteiger partial charge in [0, 0.05) is 43.5 Å². The van der Waals surface area contributed by atoms with Crippen molar-refractivity contribution in [3.8, 4) is 11.3 Å². The van der Waals surface area contributed by atoms with Gasteiger partial charge in [-0.2, -0.15) is 4.98 Å². The monoisotopic (exact) mass is 387 g/mol. The van der Waals surface area contributed by atoms with Gasteiger partial charge in [-0.15, -0.1) is 0 Å². The van der Waals surface area contributed by atoms with Crippen molar-refractivity contribution < 1.29 is 4.79 Å². The number of nitrogens with one attached hydrogen (secondary N) is 1. The van der Waals surface area contributed by atoms with E-state index >= 15 is 0 Å². The Bertz CT molecular complexity index is 997. The van der Waals surface area contributed by atoms with Crippen LogP contribution in [0.25, 0.3) is 11.3 Å². The molecular weight excluding hydrogens is 362 g/mol. The molecule has 2 aromatic carbocycles. The van der Waals surface area contributed by atoms with Crippen molar-refractivity contribution in [2.24, 2.45) is 0 Å². The molecule has 29 heavy (non-hydrogen) atoms. The number of aryl methyl sites for hydroxylation is 1. The van der Waals surface area contributed by atoms with Gasteiger partial charge in [0.2, 0.25) is 12.4 Å². The molecule has 2 heterocycles. The molecular formula is C23H25N5O. The zero-order valence-corrected chi connectivity index (χ0v) is 16.8. The molecule has 0 aliphatic carbocycles. The molecule has 148 valence electrons. The van der Waals surface area contributed by atoms with Crippen LogP contribution in [0.4, 0.5) is 17.5 Å². The number of benzene rings is 2. The van der Waals surface area contributed by atoms with Gasteiger partial charge in [0.05, 0.1) is 5.69 Å². The first kappa shape index (κ1) is 18.9. The summed E-state index contributed by atoms with van der Waals surface area (Å²) in [7, 11) is 0. The van der Waals surface area contributed by atoms with Crippen molar-refractivity contribution in [1.29, 1.82) is 0 Å². The first-order valence-electron chi connectivity index (χ1n) is 9.86. The van der Waals surface area contributed by atoms with Crippen LogP contribution in [-0.4, -0.2) is 47.5 Å². The Kier molecular flexibility index (Phi) is 5.42. The lowest BCUT2D eigenvalue weighted by molar-refractivity contribution is -0.118. The van der Waals surface area contributed by atoms with E-state index < -0.39 is 0 Å². The Balaban J connectivity index is 1.70. The minimum Gasteiger partial charge on any atom is -0.353 e. The van der Waals surface area contributed by atoms with Crippen molar-refractivity contribution in [3.63, 3.8) is 0 Å². The summed E-state index contributed by atoms with van der Waals surface area (Å²) in [6.07, 6.45) is 0.917. The molecule has 1 aromatic heterocycles. The number of hydrogen-bond donors (Lipinski definition) is 1. The van der Waals surface area contributed by atoms with Crippen LogP contribution in [-0.2, 0) is 4.79 Å². The maximum atomic E-state index is 11.0. The number of nitrogens with zero attached hydrogens (tertiary/aromatic N) is 4. The SMILES string of the molecule is Cc1cccc(Nc2nc(-c3ccccc3)cc(N3CCN(C=O)CC3)n2)c1C. The maximum absolute atomic E-state index is 11.0. The van der Waals surface area contributed by atoms with Crippen LogP contribution >= 0.6 is 0 Å². The smallest absolute Gasteiger partial charge is 0.229 e. The van der Waals surface area contributed by atoms with E-state index in [1.165, 1.54) is 11.1 Å². The van der Waals surface area contributed by atoms with E-state index in [1.807, 2.05) is 36.4 Å². The van der Waals surface area contributed by atoms with Gasteiger partial charge in [0.15, 0.2) is 0 Å². The number of rotatable bonds is 5. The van der Waals surface area contributed by atoms with Crippen LogP contribution in [0.5, 0.6) is 0 Å². The molecule has 1 amide bonds. The van der Waals surface area contributed by atoms with Gasteiger partial charge in [-0.3, -0.25) is 4.79 Å². The molecule has 1 N–H and O–H groups in total. The highest BCUT2D eigenvalue weighted by molar-refractivity contribution is 5.68. The Morgan fingerprint density at radius 3 is 2.41 bits per heavy atom. The van der Waals surface area contributed by atoms with E-state index in [-0.39, 0.29) is 0 Å². The van der Waals surface area contributed by atoms with Crippen LogP contribution in [0.3, 0.4) is 0 Å². The Hall–Kier alpha value is -3.41. The molecule has 6 nitrogen and oxygen atoms in total. The summed E-state index contributed by atoms with van der Waals surface area (Å²) >= 11 is 0. The Labute approximate surface area is 171 Å². The molecule has 4 rings (SSSR count). The van der Waals surface area contributed by atoms with Crippen molar-refractivity contribution in [2.45, 2.75) is 13.8 Å². The van der Waals surface area contributed by atoms with E-state index in [4.69, 9.17) is 9.97 Å². The Morgan fingerprint density at radius 2 is 1.69 bits per heavy atom. The second kappa shape index (κ2) is 8.31. The van der Waals surface area contributed by atoms with Crippen LogP contribution < -0.4 is 10.2 Å². The summed E-state index contributed by atoms with van der Waals surface area (Å²) in [5, 5.41) is 3.41. The van der Waals surface area contributed by atoms with E-state index in [0.29, 0.717) is 19.0 Å². The zero-order chi connectivity index (χ0) is 20.2. The number of piperazine rings is 1. The molecule has 0 spiro atoms. The predicted octanol–water partition coefficient (Wildman–Crippen LogP) is 3.78. The zero-order valence-electron chi connectivity index (χ0n) is 16.8. The second-order valence-electron chi connectivity index (χ2n) is 7.30. The molecule has 1 saturated heterocycles. The van der Waals surface area contributed by atoms with Crippen molar-refractivity contribution in [3.05, 3.63) is 65.7 Å². The first-order valence-corrected chi connectivity index (χ1v) is 9.86. The fourth-order valence-electron chi connectivity index (χ4n) is 3.47. The van der Waals surface area contributed by atoms with Gasteiger partial charge in [-0.25, -0.2) is 4.98 Å². The van der Waals surface area contributed by atoms with Crippen molar-refractivity contribution in [2.75, 3.05) is 36.4 Å². The summed E-state index contributed by atoms with van der Waals surface area (Å²) in [6, 6.07) is 18.3.